The van der Waals surface area contributed by atoms with Gasteiger partial charge in [0, 0.05) is 10.1 Å². The third kappa shape index (κ3) is 6.82. The van der Waals surface area contributed by atoms with Gasteiger partial charge < -0.3 is 10.1 Å². The van der Waals surface area contributed by atoms with Gasteiger partial charge in [-0.3, -0.25) is 4.72 Å². The summed E-state index contributed by atoms with van der Waals surface area (Å²) in [6.07, 6.45) is 0.624. The topological polar surface area (TPSA) is 84.5 Å². The van der Waals surface area contributed by atoms with Crippen molar-refractivity contribution in [1.82, 2.24) is 5.32 Å². The third-order valence-corrected chi connectivity index (χ3v) is 3.90. The second-order valence-corrected chi connectivity index (χ2v) is 8.91. The predicted octanol–water partition coefficient (Wildman–Crippen LogP) is 3.00. The second kappa shape index (κ2) is 7.03. The Morgan fingerprint density at radius 3 is 2.36 bits per heavy atom. The lowest BCUT2D eigenvalue weighted by Crippen LogP contribution is -2.32. The minimum atomic E-state index is -3.33. The molecule has 1 aromatic carbocycles. The van der Waals surface area contributed by atoms with E-state index < -0.39 is 21.7 Å². The van der Waals surface area contributed by atoms with Gasteiger partial charge in [0.25, 0.3) is 0 Å². The summed E-state index contributed by atoms with van der Waals surface area (Å²) in [5, 5.41) is 2.67. The van der Waals surface area contributed by atoms with Crippen LogP contribution in [-0.4, -0.2) is 26.4 Å². The van der Waals surface area contributed by atoms with Crippen molar-refractivity contribution < 1.29 is 17.9 Å². The molecule has 0 aliphatic heterocycles. The summed E-state index contributed by atoms with van der Waals surface area (Å²) in [6, 6.07) is 3.64. The van der Waals surface area contributed by atoms with E-state index in [2.05, 4.69) is 32.6 Å². The quantitative estimate of drug-likeness (QED) is 0.706. The molecule has 2 N–H and O–H groups in total. The van der Waals surface area contributed by atoms with Gasteiger partial charge in [-0.25, -0.2) is 13.2 Å². The molecule has 0 spiro atoms. The molecule has 0 aliphatic carbocycles. The molecular weight excluding hydrogens is 419 g/mol. The molecule has 1 aromatic rings. The number of alkyl carbamates (subject to hydrolysis) is 1. The zero-order chi connectivity index (χ0) is 17.1. The number of sulfonamides is 1. The molecular formula is C14H21IN2O4S. The molecule has 0 fully saturated rings. The molecule has 22 heavy (non-hydrogen) atoms. The van der Waals surface area contributed by atoms with E-state index in [0.717, 1.165) is 21.0 Å². The first kappa shape index (κ1) is 19.0. The van der Waals surface area contributed by atoms with Crippen molar-refractivity contribution in [3.63, 3.8) is 0 Å². The first-order valence-electron chi connectivity index (χ1n) is 6.61. The molecule has 0 heterocycles. The van der Waals surface area contributed by atoms with Gasteiger partial charge in [0.05, 0.1) is 11.9 Å². The first-order valence-corrected chi connectivity index (χ1v) is 9.58. The summed E-state index contributed by atoms with van der Waals surface area (Å²) in [5.41, 5.74) is 1.67. The molecule has 0 bridgehead atoms. The number of amides is 1. The number of hydrogen-bond donors (Lipinski definition) is 2. The van der Waals surface area contributed by atoms with Crippen LogP contribution in [0.5, 0.6) is 0 Å². The van der Waals surface area contributed by atoms with E-state index >= 15 is 0 Å². The predicted molar refractivity (Wildman–Crippen MR) is 95.4 cm³/mol. The smallest absolute Gasteiger partial charge is 0.407 e. The molecule has 6 nitrogen and oxygen atoms in total. The minimum absolute atomic E-state index is 0.310. The maximum absolute atomic E-state index is 11.6. The molecule has 0 atom stereocenters. The van der Waals surface area contributed by atoms with Crippen molar-refractivity contribution in [2.45, 2.75) is 39.8 Å². The Kier molecular flexibility index (Phi) is 6.08. The molecule has 0 radical (unpaired) electrons. The van der Waals surface area contributed by atoms with E-state index in [9.17, 15) is 13.2 Å². The number of anilines is 1. The number of aryl methyl sites for hydroxylation is 1. The highest BCUT2D eigenvalue weighted by molar-refractivity contribution is 14.1. The third-order valence-electron chi connectivity index (χ3n) is 2.47. The number of carbonyl (C=O) groups excluding carboxylic acids is 1. The van der Waals surface area contributed by atoms with Crippen LogP contribution in [0.4, 0.5) is 10.5 Å². The van der Waals surface area contributed by atoms with Gasteiger partial charge in [0.15, 0.2) is 0 Å². The highest BCUT2D eigenvalue weighted by Crippen LogP contribution is 2.25. The van der Waals surface area contributed by atoms with Gasteiger partial charge in [-0.15, -0.1) is 0 Å². The van der Waals surface area contributed by atoms with Gasteiger partial charge in [0.1, 0.15) is 5.60 Å². The van der Waals surface area contributed by atoms with Crippen LogP contribution in [0.1, 0.15) is 31.9 Å². The second-order valence-electron chi connectivity index (χ2n) is 6.00. The van der Waals surface area contributed by atoms with Gasteiger partial charge in [0.2, 0.25) is 10.0 Å². The maximum Gasteiger partial charge on any atom is 0.407 e. The lowest BCUT2D eigenvalue weighted by Gasteiger charge is -2.20. The minimum Gasteiger partial charge on any atom is -0.444 e. The number of hydrogen-bond acceptors (Lipinski definition) is 4. The lowest BCUT2D eigenvalue weighted by molar-refractivity contribution is 0.0523. The van der Waals surface area contributed by atoms with E-state index in [1.54, 1.807) is 20.8 Å². The monoisotopic (exact) mass is 440 g/mol. The van der Waals surface area contributed by atoms with Crippen LogP contribution in [0.3, 0.4) is 0 Å². The Morgan fingerprint density at radius 1 is 1.32 bits per heavy atom. The van der Waals surface area contributed by atoms with Gasteiger partial charge in [-0.05, 0) is 67.5 Å². The summed E-state index contributed by atoms with van der Waals surface area (Å²) in [7, 11) is -3.33. The highest BCUT2D eigenvalue weighted by atomic mass is 127. The van der Waals surface area contributed by atoms with Crippen LogP contribution in [-0.2, 0) is 21.3 Å². The number of nitrogens with one attached hydrogen (secondary N) is 2. The van der Waals surface area contributed by atoms with Crippen LogP contribution in [0.25, 0.3) is 0 Å². The average Bonchev–Trinajstić information content (AvgIpc) is 2.28. The Morgan fingerprint density at radius 2 is 1.91 bits per heavy atom. The Balaban J connectivity index is 2.81. The number of carbonyl (C=O) groups is 1. The largest absolute Gasteiger partial charge is 0.444 e. The van der Waals surface area contributed by atoms with E-state index in [4.69, 9.17) is 4.74 Å². The molecule has 8 heteroatoms. The molecule has 124 valence electrons. The van der Waals surface area contributed by atoms with Crippen LogP contribution in [0.15, 0.2) is 12.1 Å². The first-order chi connectivity index (χ1) is 9.87. The molecule has 0 aliphatic rings. The van der Waals surface area contributed by atoms with Crippen LogP contribution in [0.2, 0.25) is 0 Å². The molecule has 1 amide bonds. The normalized spacial score (nSPS) is 11.9. The van der Waals surface area contributed by atoms with Gasteiger partial charge >= 0.3 is 6.09 Å². The fourth-order valence-electron chi connectivity index (χ4n) is 1.72. The van der Waals surface area contributed by atoms with Crippen molar-refractivity contribution in [1.29, 1.82) is 0 Å². The number of halogens is 1. The average molecular weight is 440 g/mol. The van der Waals surface area contributed by atoms with E-state index in [-0.39, 0.29) is 0 Å². The van der Waals surface area contributed by atoms with Crippen LogP contribution in [0, 0.1) is 10.5 Å². The number of ether oxygens (including phenoxy) is 1. The fraction of sp³-hybridized carbons (Fsp3) is 0.500. The lowest BCUT2D eigenvalue weighted by atomic mass is 10.1. The summed E-state index contributed by atoms with van der Waals surface area (Å²) >= 11 is 2.06. The van der Waals surface area contributed by atoms with E-state index in [0.29, 0.717) is 12.2 Å². The molecule has 0 saturated heterocycles. The summed E-state index contributed by atoms with van der Waals surface area (Å²) in [6.45, 7) is 7.51. The maximum atomic E-state index is 11.6. The standard InChI is InChI=1S/C14H21IN2O4S/c1-9-6-10(8-16-13(18)21-14(2,3)4)7-11(15)12(9)17-22(5,19)20/h6-7,17H,8H2,1-5H3,(H,16,18). The van der Waals surface area contributed by atoms with Crippen molar-refractivity contribution in [3.8, 4) is 0 Å². The van der Waals surface area contributed by atoms with Crippen LogP contribution >= 0.6 is 22.6 Å². The molecule has 0 aromatic heterocycles. The SMILES string of the molecule is Cc1cc(CNC(=O)OC(C)(C)C)cc(I)c1NS(C)(=O)=O. The molecule has 0 unspecified atom stereocenters. The van der Waals surface area contributed by atoms with E-state index in [1.165, 1.54) is 0 Å². The van der Waals surface area contributed by atoms with E-state index in [1.807, 2.05) is 19.1 Å². The number of rotatable bonds is 4. The zero-order valence-electron chi connectivity index (χ0n) is 13.3. The van der Waals surface area contributed by atoms with Crippen molar-refractivity contribution in [2.75, 3.05) is 11.0 Å². The molecule has 0 saturated carbocycles. The van der Waals surface area contributed by atoms with Crippen molar-refractivity contribution >= 4 is 44.4 Å². The zero-order valence-corrected chi connectivity index (χ0v) is 16.3. The molecule has 1 rings (SSSR count). The van der Waals surface area contributed by atoms with Crippen LogP contribution < -0.4 is 10.0 Å². The van der Waals surface area contributed by atoms with Crippen molar-refractivity contribution in [2.24, 2.45) is 0 Å². The summed E-state index contributed by atoms with van der Waals surface area (Å²) in [5.74, 6) is 0. The summed E-state index contributed by atoms with van der Waals surface area (Å²) < 4.78 is 31.1. The summed E-state index contributed by atoms with van der Waals surface area (Å²) in [4.78, 5) is 11.6. The Bertz CT molecular complexity index is 643. The Labute approximate surface area is 145 Å². The fourth-order valence-corrected chi connectivity index (χ4v) is 3.51. The highest BCUT2D eigenvalue weighted by Gasteiger charge is 2.16. The Hall–Kier alpha value is -1.03. The van der Waals surface area contributed by atoms with Crippen molar-refractivity contribution in [3.05, 3.63) is 26.8 Å². The van der Waals surface area contributed by atoms with Gasteiger partial charge in [-0.2, -0.15) is 0 Å². The number of benzene rings is 1. The van der Waals surface area contributed by atoms with Gasteiger partial charge in [-0.1, -0.05) is 6.07 Å².